The van der Waals surface area contributed by atoms with E-state index in [0.717, 1.165) is 22.3 Å². The molecule has 0 atom stereocenters. The van der Waals surface area contributed by atoms with Crippen molar-refractivity contribution in [3.8, 4) is 28.7 Å². The van der Waals surface area contributed by atoms with Gasteiger partial charge >= 0.3 is 0 Å². The number of nitriles is 1. The molecule has 4 rings (SSSR count). The van der Waals surface area contributed by atoms with E-state index in [1.54, 1.807) is 11.8 Å². The highest BCUT2D eigenvalue weighted by atomic mass is 16.5. The van der Waals surface area contributed by atoms with Gasteiger partial charge in [0.05, 0.1) is 13.1 Å². The summed E-state index contributed by atoms with van der Waals surface area (Å²) in [5.74, 6) is 1.12. The predicted octanol–water partition coefficient (Wildman–Crippen LogP) is 3.51. The monoisotopic (exact) mass is 302 g/mol. The lowest BCUT2D eigenvalue weighted by atomic mass is 9.94. The first-order valence-corrected chi connectivity index (χ1v) is 7.41. The van der Waals surface area contributed by atoms with Gasteiger partial charge in [-0.25, -0.2) is 0 Å². The van der Waals surface area contributed by atoms with Crippen molar-refractivity contribution < 1.29 is 4.52 Å². The molecule has 5 nitrogen and oxygen atoms in total. The molecule has 0 amide bonds. The van der Waals surface area contributed by atoms with Crippen LogP contribution in [0, 0.1) is 18.4 Å². The molecule has 0 N–H and O–H groups in total. The Balaban J connectivity index is 1.91. The van der Waals surface area contributed by atoms with E-state index in [9.17, 15) is 5.26 Å². The maximum atomic E-state index is 9.23. The average Bonchev–Trinajstić information content (AvgIpc) is 3.20. The van der Waals surface area contributed by atoms with Crippen LogP contribution in [0.25, 0.3) is 22.5 Å². The van der Waals surface area contributed by atoms with Crippen molar-refractivity contribution in [2.75, 3.05) is 0 Å². The second-order valence-electron chi connectivity index (χ2n) is 5.62. The number of fused-ring (bicyclic) bond motifs is 1. The van der Waals surface area contributed by atoms with Crippen molar-refractivity contribution in [1.29, 1.82) is 5.26 Å². The molecular formula is C18H14N4O. The van der Waals surface area contributed by atoms with Crippen molar-refractivity contribution in [3.05, 3.63) is 59.5 Å². The second-order valence-corrected chi connectivity index (χ2v) is 5.62. The number of hydrogen-bond acceptors (Lipinski definition) is 5. The lowest BCUT2D eigenvalue weighted by Crippen LogP contribution is -2.07. The fourth-order valence-electron chi connectivity index (χ4n) is 3.00. The second kappa shape index (κ2) is 5.25. The summed E-state index contributed by atoms with van der Waals surface area (Å²) in [7, 11) is 0. The van der Waals surface area contributed by atoms with Gasteiger partial charge in [-0.1, -0.05) is 35.5 Å². The fraction of sp³-hybridized carbons (Fsp3) is 0.167. The summed E-state index contributed by atoms with van der Waals surface area (Å²) in [6.07, 6.45) is 2.24. The third-order valence-corrected chi connectivity index (χ3v) is 4.06. The minimum absolute atomic E-state index is 0.542. The number of rotatable bonds is 2. The minimum atomic E-state index is 0.542. The van der Waals surface area contributed by atoms with E-state index in [1.165, 1.54) is 5.56 Å². The Morgan fingerprint density at radius 2 is 1.96 bits per heavy atom. The zero-order valence-electron chi connectivity index (χ0n) is 12.7. The van der Waals surface area contributed by atoms with E-state index in [2.05, 4.69) is 40.6 Å². The molecule has 1 aliphatic rings. The van der Waals surface area contributed by atoms with Crippen molar-refractivity contribution in [2.24, 2.45) is 0 Å². The molecule has 1 aromatic heterocycles. The van der Waals surface area contributed by atoms with Gasteiger partial charge in [-0.2, -0.15) is 10.2 Å². The van der Waals surface area contributed by atoms with Crippen molar-refractivity contribution in [2.45, 2.75) is 20.0 Å². The summed E-state index contributed by atoms with van der Waals surface area (Å²) < 4.78 is 5.10. The van der Waals surface area contributed by atoms with Gasteiger partial charge in [0.15, 0.2) is 6.19 Å². The minimum Gasteiger partial charge on any atom is -0.339 e. The number of hydrogen-bond donors (Lipinski definition) is 0. The Morgan fingerprint density at radius 1 is 1.13 bits per heavy atom. The molecule has 0 saturated heterocycles. The van der Waals surface area contributed by atoms with E-state index >= 15 is 0 Å². The van der Waals surface area contributed by atoms with E-state index in [-0.39, 0.29) is 0 Å². The highest BCUT2D eigenvalue weighted by Gasteiger charge is 2.23. The topological polar surface area (TPSA) is 66.0 Å². The Hall–Kier alpha value is -3.13. The van der Waals surface area contributed by atoms with Crippen LogP contribution in [-0.2, 0) is 13.1 Å². The molecule has 2 heterocycles. The average molecular weight is 302 g/mol. The molecule has 0 bridgehead atoms. The largest absolute Gasteiger partial charge is 0.339 e. The molecule has 5 heteroatoms. The summed E-state index contributed by atoms with van der Waals surface area (Å²) >= 11 is 0. The zero-order chi connectivity index (χ0) is 15.8. The van der Waals surface area contributed by atoms with Gasteiger partial charge in [0.25, 0.3) is 0 Å². The first-order valence-electron chi connectivity index (χ1n) is 7.41. The highest BCUT2D eigenvalue weighted by Crippen LogP contribution is 2.36. The Bertz CT molecular complexity index is 909. The van der Waals surface area contributed by atoms with Gasteiger partial charge in [-0.05, 0) is 34.4 Å². The molecule has 2 aromatic carbocycles. The summed E-state index contributed by atoms with van der Waals surface area (Å²) in [5, 5.41) is 13.2. The van der Waals surface area contributed by atoms with Gasteiger partial charge in [-0.15, -0.1) is 0 Å². The quantitative estimate of drug-likeness (QED) is 0.678. The van der Waals surface area contributed by atoms with E-state index in [0.29, 0.717) is 24.8 Å². The van der Waals surface area contributed by atoms with Gasteiger partial charge in [-0.3, -0.25) is 0 Å². The number of aromatic nitrogens is 2. The Kier molecular flexibility index (Phi) is 3.09. The van der Waals surface area contributed by atoms with Crippen LogP contribution in [0.3, 0.4) is 0 Å². The molecule has 112 valence electrons. The highest BCUT2D eigenvalue weighted by molar-refractivity contribution is 5.75. The number of nitrogens with zero attached hydrogens (tertiary/aromatic N) is 4. The van der Waals surface area contributed by atoms with E-state index in [1.807, 2.05) is 18.2 Å². The van der Waals surface area contributed by atoms with Gasteiger partial charge in [0.2, 0.25) is 11.7 Å². The first kappa shape index (κ1) is 13.5. The molecular weight excluding hydrogens is 288 g/mol. The van der Waals surface area contributed by atoms with E-state index in [4.69, 9.17) is 4.52 Å². The maximum Gasteiger partial charge on any atom is 0.223 e. The van der Waals surface area contributed by atoms with Gasteiger partial charge < -0.3 is 9.42 Å². The van der Waals surface area contributed by atoms with Crippen LogP contribution >= 0.6 is 0 Å². The molecule has 0 spiro atoms. The third-order valence-electron chi connectivity index (χ3n) is 4.06. The number of benzene rings is 2. The summed E-state index contributed by atoms with van der Waals surface area (Å²) in [4.78, 5) is 6.08. The first-order chi connectivity index (χ1) is 11.2. The fourth-order valence-corrected chi connectivity index (χ4v) is 3.00. The summed E-state index contributed by atoms with van der Waals surface area (Å²) in [5.41, 5.74) is 5.51. The smallest absolute Gasteiger partial charge is 0.223 e. The number of aryl methyl sites for hydroxylation is 1. The standard InChI is InChI=1S/C18H14N4O/c1-12-20-18(21-23-12)14-7-15-9-22(11-19)10-17(15)16(8-14)13-5-3-2-4-6-13/h2-8H,9-10H2,1H3. The van der Waals surface area contributed by atoms with Crippen LogP contribution < -0.4 is 0 Å². The molecule has 0 saturated carbocycles. The molecule has 1 aliphatic heterocycles. The van der Waals surface area contributed by atoms with Crippen molar-refractivity contribution >= 4 is 0 Å². The molecule has 23 heavy (non-hydrogen) atoms. The molecule has 3 aromatic rings. The van der Waals surface area contributed by atoms with Crippen LogP contribution in [0.2, 0.25) is 0 Å². The van der Waals surface area contributed by atoms with Gasteiger partial charge in [0, 0.05) is 12.5 Å². The Labute approximate surface area is 133 Å². The third kappa shape index (κ3) is 2.34. The lowest BCUT2D eigenvalue weighted by Gasteiger charge is -2.10. The summed E-state index contributed by atoms with van der Waals surface area (Å²) in [6, 6.07) is 14.3. The molecule has 0 aliphatic carbocycles. The van der Waals surface area contributed by atoms with Crippen LogP contribution in [0.15, 0.2) is 47.0 Å². The molecule has 0 fully saturated rings. The predicted molar refractivity (Wildman–Crippen MR) is 84.8 cm³/mol. The maximum absolute atomic E-state index is 9.23. The Morgan fingerprint density at radius 3 is 2.65 bits per heavy atom. The van der Waals surface area contributed by atoms with E-state index < -0.39 is 0 Å². The zero-order valence-corrected chi connectivity index (χ0v) is 12.7. The van der Waals surface area contributed by atoms with Crippen LogP contribution in [-0.4, -0.2) is 15.0 Å². The van der Waals surface area contributed by atoms with Crippen molar-refractivity contribution in [3.63, 3.8) is 0 Å². The normalized spacial score (nSPS) is 13.0. The molecule has 0 unspecified atom stereocenters. The van der Waals surface area contributed by atoms with Crippen LogP contribution in [0.1, 0.15) is 17.0 Å². The van der Waals surface area contributed by atoms with Crippen LogP contribution in [0.5, 0.6) is 0 Å². The summed E-state index contributed by atoms with van der Waals surface area (Å²) in [6.45, 7) is 3.04. The molecule has 0 radical (unpaired) electrons. The van der Waals surface area contributed by atoms with Gasteiger partial charge in [0.1, 0.15) is 0 Å². The lowest BCUT2D eigenvalue weighted by molar-refractivity contribution is 0.394. The SMILES string of the molecule is Cc1nc(-c2cc3c(c(-c4ccccc4)c2)CN(C#N)C3)no1. The van der Waals surface area contributed by atoms with Crippen LogP contribution in [0.4, 0.5) is 0 Å². The van der Waals surface area contributed by atoms with Crippen molar-refractivity contribution in [1.82, 2.24) is 15.0 Å².